The molecule has 19 heavy (non-hydrogen) atoms. The highest BCUT2D eigenvalue weighted by Crippen LogP contribution is 2.09. The molecule has 0 N–H and O–H groups in total. The molecule has 0 aromatic carbocycles. The van der Waals surface area contributed by atoms with Gasteiger partial charge >= 0.3 is 0 Å². The molecule has 0 fully saturated rings. The standard InChI is InChI=1S/C16H31BrN2/c1-16(2)15-19(14-10-12-18)13-9-7-5-3-4-6-8-11-17/h16H,3-11,13-15H2,1-2H3. The third kappa shape index (κ3) is 14.2. The van der Waals surface area contributed by atoms with Crippen LogP contribution in [0.1, 0.15) is 65.2 Å². The van der Waals surface area contributed by atoms with Crippen LogP contribution in [0.4, 0.5) is 0 Å². The summed E-state index contributed by atoms with van der Waals surface area (Å²) in [5.41, 5.74) is 0. The summed E-state index contributed by atoms with van der Waals surface area (Å²) in [4.78, 5) is 2.46. The van der Waals surface area contributed by atoms with Crippen molar-refractivity contribution in [1.82, 2.24) is 4.90 Å². The largest absolute Gasteiger partial charge is 0.302 e. The first-order valence-corrected chi connectivity index (χ1v) is 8.98. The molecule has 0 aliphatic carbocycles. The molecular weight excluding hydrogens is 300 g/mol. The fourth-order valence-corrected chi connectivity index (χ4v) is 2.73. The first kappa shape index (κ1) is 18.9. The van der Waals surface area contributed by atoms with Crippen LogP contribution >= 0.6 is 15.9 Å². The molecule has 0 aromatic rings. The van der Waals surface area contributed by atoms with Gasteiger partial charge in [-0.2, -0.15) is 5.26 Å². The molecule has 0 aliphatic heterocycles. The SMILES string of the molecule is CC(C)CN(CCC#N)CCCCCCCCCBr. The van der Waals surface area contributed by atoms with Crippen LogP contribution in [0.15, 0.2) is 0 Å². The van der Waals surface area contributed by atoms with E-state index in [4.69, 9.17) is 5.26 Å². The van der Waals surface area contributed by atoms with Gasteiger partial charge in [0.2, 0.25) is 0 Å². The maximum atomic E-state index is 8.68. The molecule has 0 heterocycles. The van der Waals surface area contributed by atoms with Crippen LogP contribution < -0.4 is 0 Å². The maximum Gasteiger partial charge on any atom is 0.0635 e. The Morgan fingerprint density at radius 2 is 1.53 bits per heavy atom. The number of hydrogen-bond donors (Lipinski definition) is 0. The summed E-state index contributed by atoms with van der Waals surface area (Å²) in [6.07, 6.45) is 10.1. The van der Waals surface area contributed by atoms with Gasteiger partial charge in [0.1, 0.15) is 0 Å². The van der Waals surface area contributed by atoms with Crippen molar-refractivity contribution >= 4 is 15.9 Å². The van der Waals surface area contributed by atoms with Crippen molar-refractivity contribution in [2.75, 3.05) is 25.0 Å². The molecule has 0 spiro atoms. The van der Waals surface area contributed by atoms with E-state index in [1.165, 1.54) is 51.5 Å². The normalized spacial score (nSPS) is 11.2. The molecule has 0 bridgehead atoms. The number of nitrogens with zero attached hydrogens (tertiary/aromatic N) is 2. The third-order valence-electron chi connectivity index (χ3n) is 3.27. The average molecular weight is 331 g/mol. The van der Waals surface area contributed by atoms with Gasteiger partial charge in [0.05, 0.1) is 6.07 Å². The lowest BCUT2D eigenvalue weighted by molar-refractivity contribution is 0.243. The van der Waals surface area contributed by atoms with E-state index in [-0.39, 0.29) is 0 Å². The molecule has 0 amide bonds. The lowest BCUT2D eigenvalue weighted by Gasteiger charge is -2.23. The van der Waals surface area contributed by atoms with Crippen LogP contribution in [0.3, 0.4) is 0 Å². The highest BCUT2D eigenvalue weighted by molar-refractivity contribution is 9.09. The molecule has 0 atom stereocenters. The predicted molar refractivity (Wildman–Crippen MR) is 87.6 cm³/mol. The maximum absolute atomic E-state index is 8.68. The molecule has 0 aromatic heterocycles. The Bertz CT molecular complexity index is 223. The Hall–Kier alpha value is -0.0700. The van der Waals surface area contributed by atoms with Gasteiger partial charge in [-0.15, -0.1) is 0 Å². The minimum absolute atomic E-state index is 0.666. The zero-order chi connectivity index (χ0) is 14.3. The fourth-order valence-electron chi connectivity index (χ4n) is 2.33. The summed E-state index contributed by atoms with van der Waals surface area (Å²) >= 11 is 3.47. The average Bonchev–Trinajstić information content (AvgIpc) is 2.38. The zero-order valence-corrected chi connectivity index (χ0v) is 14.4. The number of halogens is 1. The summed E-state index contributed by atoms with van der Waals surface area (Å²) in [7, 11) is 0. The van der Waals surface area contributed by atoms with Crippen molar-refractivity contribution in [3.05, 3.63) is 0 Å². The number of unbranched alkanes of at least 4 members (excludes halogenated alkanes) is 6. The number of hydrogen-bond acceptors (Lipinski definition) is 2. The first-order valence-electron chi connectivity index (χ1n) is 7.86. The Morgan fingerprint density at radius 1 is 0.947 bits per heavy atom. The molecule has 2 nitrogen and oxygen atoms in total. The van der Waals surface area contributed by atoms with Gasteiger partial charge in [0.25, 0.3) is 0 Å². The highest BCUT2D eigenvalue weighted by Gasteiger charge is 2.06. The summed E-state index contributed by atoms with van der Waals surface area (Å²) in [6.45, 7) is 7.75. The van der Waals surface area contributed by atoms with Crippen molar-refractivity contribution in [2.45, 2.75) is 65.2 Å². The van der Waals surface area contributed by atoms with Gasteiger partial charge < -0.3 is 4.90 Å². The molecular formula is C16H31BrN2. The van der Waals surface area contributed by atoms with Gasteiger partial charge in [-0.05, 0) is 25.3 Å². The van der Waals surface area contributed by atoms with Gasteiger partial charge in [0, 0.05) is 24.8 Å². The van der Waals surface area contributed by atoms with E-state index < -0.39 is 0 Å². The predicted octanol–water partition coefficient (Wildman–Crippen LogP) is 4.98. The van der Waals surface area contributed by atoms with Crippen molar-refractivity contribution in [3.63, 3.8) is 0 Å². The molecule has 0 saturated carbocycles. The molecule has 3 heteroatoms. The minimum Gasteiger partial charge on any atom is -0.302 e. The smallest absolute Gasteiger partial charge is 0.0635 e. The van der Waals surface area contributed by atoms with Gasteiger partial charge in [-0.1, -0.05) is 61.9 Å². The monoisotopic (exact) mass is 330 g/mol. The second-order valence-corrected chi connectivity index (χ2v) is 6.56. The van der Waals surface area contributed by atoms with Crippen LogP contribution in [-0.4, -0.2) is 29.9 Å². The topological polar surface area (TPSA) is 27.0 Å². The quantitative estimate of drug-likeness (QED) is 0.351. The minimum atomic E-state index is 0.666. The summed E-state index contributed by atoms with van der Waals surface area (Å²) < 4.78 is 0. The van der Waals surface area contributed by atoms with Crippen molar-refractivity contribution in [3.8, 4) is 6.07 Å². The second-order valence-electron chi connectivity index (χ2n) is 5.77. The lowest BCUT2D eigenvalue weighted by Crippen LogP contribution is -2.29. The van der Waals surface area contributed by atoms with E-state index in [0.29, 0.717) is 12.3 Å². The molecule has 112 valence electrons. The van der Waals surface area contributed by atoms with Crippen molar-refractivity contribution in [1.29, 1.82) is 5.26 Å². The first-order chi connectivity index (χ1) is 9.20. The Kier molecular flexibility index (Phi) is 14.3. The molecule has 0 unspecified atom stereocenters. The molecule has 0 saturated heterocycles. The van der Waals surface area contributed by atoms with Crippen LogP contribution in [-0.2, 0) is 0 Å². The van der Waals surface area contributed by atoms with Crippen LogP contribution in [0.2, 0.25) is 0 Å². The van der Waals surface area contributed by atoms with E-state index in [9.17, 15) is 0 Å². The molecule has 0 aliphatic rings. The number of alkyl halides is 1. The van der Waals surface area contributed by atoms with Crippen molar-refractivity contribution < 1.29 is 0 Å². The third-order valence-corrected chi connectivity index (χ3v) is 3.83. The summed E-state index contributed by atoms with van der Waals surface area (Å²) in [5.74, 6) is 0.697. The van der Waals surface area contributed by atoms with E-state index in [1.807, 2.05) is 0 Å². The van der Waals surface area contributed by atoms with Crippen LogP contribution in [0.5, 0.6) is 0 Å². The Balaban J connectivity index is 3.49. The van der Waals surface area contributed by atoms with Gasteiger partial charge in [0.15, 0.2) is 0 Å². The Morgan fingerprint density at radius 3 is 2.05 bits per heavy atom. The molecule has 0 radical (unpaired) electrons. The molecule has 0 rings (SSSR count). The van der Waals surface area contributed by atoms with Gasteiger partial charge in [-0.25, -0.2) is 0 Å². The van der Waals surface area contributed by atoms with E-state index in [2.05, 4.69) is 40.7 Å². The van der Waals surface area contributed by atoms with Crippen LogP contribution in [0.25, 0.3) is 0 Å². The number of nitriles is 1. The fraction of sp³-hybridized carbons (Fsp3) is 0.938. The van der Waals surface area contributed by atoms with Gasteiger partial charge in [-0.3, -0.25) is 0 Å². The zero-order valence-electron chi connectivity index (χ0n) is 12.8. The van der Waals surface area contributed by atoms with E-state index in [1.54, 1.807) is 0 Å². The lowest BCUT2D eigenvalue weighted by atomic mass is 10.1. The summed E-state index contributed by atoms with van der Waals surface area (Å²) in [5, 5.41) is 9.83. The Labute approximate surface area is 128 Å². The highest BCUT2D eigenvalue weighted by atomic mass is 79.9. The second kappa shape index (κ2) is 14.3. The number of rotatable bonds is 13. The van der Waals surface area contributed by atoms with Crippen molar-refractivity contribution in [2.24, 2.45) is 5.92 Å². The van der Waals surface area contributed by atoms with E-state index in [0.717, 1.165) is 18.4 Å². The summed E-state index contributed by atoms with van der Waals surface area (Å²) in [6, 6.07) is 2.26. The van der Waals surface area contributed by atoms with E-state index >= 15 is 0 Å². The van der Waals surface area contributed by atoms with Crippen LogP contribution in [0, 0.1) is 17.2 Å².